The Morgan fingerprint density at radius 1 is 1.02 bits per heavy atom. The van der Waals surface area contributed by atoms with E-state index in [-0.39, 0.29) is 48.6 Å². The van der Waals surface area contributed by atoms with Crippen LogP contribution in [-0.2, 0) is 27.3 Å². The third-order valence-corrected chi connectivity index (χ3v) is 8.01. The Kier molecular flexibility index (Phi) is 12.5. The lowest BCUT2D eigenvalue weighted by Gasteiger charge is -2.25. The summed E-state index contributed by atoms with van der Waals surface area (Å²) in [6.07, 6.45) is -0.335. The van der Waals surface area contributed by atoms with Gasteiger partial charge in [0.15, 0.2) is 17.0 Å². The molecule has 0 aromatic heterocycles. The number of nitrogens with one attached hydrogen (secondary N) is 4. The molecule has 42 heavy (non-hydrogen) atoms. The zero-order valence-corrected chi connectivity index (χ0v) is 24.8. The van der Waals surface area contributed by atoms with Crippen LogP contribution in [0.2, 0.25) is 0 Å². The van der Waals surface area contributed by atoms with E-state index in [1.54, 1.807) is 0 Å². The van der Waals surface area contributed by atoms with Crippen molar-refractivity contribution in [2.75, 3.05) is 37.8 Å². The summed E-state index contributed by atoms with van der Waals surface area (Å²) in [5.41, 5.74) is 7.52. The van der Waals surface area contributed by atoms with Crippen molar-refractivity contribution < 1.29 is 27.6 Å². The van der Waals surface area contributed by atoms with Crippen LogP contribution >= 0.6 is 11.8 Å². The van der Waals surface area contributed by atoms with Crippen LogP contribution in [0.1, 0.15) is 31.4 Å². The van der Waals surface area contributed by atoms with E-state index < -0.39 is 34.9 Å². The molecular weight excluding hydrogens is 569 g/mol. The molecular formula is C29H39F3N6O3S. The van der Waals surface area contributed by atoms with Crippen molar-refractivity contribution in [3.8, 4) is 0 Å². The van der Waals surface area contributed by atoms with Gasteiger partial charge in [-0.3, -0.25) is 14.4 Å². The zero-order valence-electron chi connectivity index (χ0n) is 24.0. The summed E-state index contributed by atoms with van der Waals surface area (Å²) in [7, 11) is 1.82. The Balaban J connectivity index is 1.51. The molecule has 9 nitrogen and oxygen atoms in total. The smallest absolute Gasteiger partial charge is 0.253 e. The molecule has 3 rings (SSSR count). The molecule has 3 atom stereocenters. The summed E-state index contributed by atoms with van der Waals surface area (Å²) in [5.74, 6) is -3.57. The molecule has 0 spiro atoms. The fourth-order valence-electron chi connectivity index (χ4n) is 4.49. The number of hydrogen-bond acceptors (Lipinski definition) is 7. The molecule has 3 amide bonds. The van der Waals surface area contributed by atoms with Gasteiger partial charge in [-0.1, -0.05) is 26.0 Å². The average Bonchev–Trinajstić information content (AvgIpc) is 3.44. The Bertz CT molecular complexity index is 1230. The minimum atomic E-state index is -1.29. The molecule has 1 heterocycles. The number of anilines is 1. The van der Waals surface area contributed by atoms with E-state index in [2.05, 4.69) is 21.3 Å². The Morgan fingerprint density at radius 3 is 2.38 bits per heavy atom. The van der Waals surface area contributed by atoms with E-state index in [4.69, 9.17) is 5.73 Å². The molecule has 0 unspecified atom stereocenters. The number of carbonyl (C=O) groups is 3. The van der Waals surface area contributed by atoms with Gasteiger partial charge in [-0.25, -0.2) is 13.2 Å². The van der Waals surface area contributed by atoms with E-state index in [0.29, 0.717) is 31.5 Å². The van der Waals surface area contributed by atoms with Gasteiger partial charge in [0.05, 0.1) is 0 Å². The molecule has 1 saturated heterocycles. The van der Waals surface area contributed by atoms with E-state index in [0.717, 1.165) is 17.3 Å². The normalized spacial score (nSPS) is 16.3. The summed E-state index contributed by atoms with van der Waals surface area (Å²) < 4.78 is 40.7. The van der Waals surface area contributed by atoms with Gasteiger partial charge in [0, 0.05) is 56.1 Å². The minimum absolute atomic E-state index is 0.0646. The number of halogens is 3. The van der Waals surface area contributed by atoms with E-state index >= 15 is 0 Å². The lowest BCUT2D eigenvalue weighted by atomic mass is 10.0. The summed E-state index contributed by atoms with van der Waals surface area (Å²) in [4.78, 5) is 39.9. The lowest BCUT2D eigenvalue weighted by molar-refractivity contribution is -0.136. The van der Waals surface area contributed by atoms with E-state index in [1.165, 1.54) is 16.7 Å². The van der Waals surface area contributed by atoms with Crippen molar-refractivity contribution in [3.63, 3.8) is 0 Å². The fraction of sp³-hybridized carbons (Fsp3) is 0.483. The molecule has 2 aromatic carbocycles. The first kappa shape index (κ1) is 33.2. The average molecular weight is 609 g/mol. The van der Waals surface area contributed by atoms with Crippen LogP contribution in [0.25, 0.3) is 0 Å². The second-order valence-electron chi connectivity index (χ2n) is 10.5. The Hall–Kier alpha value is -3.29. The Morgan fingerprint density at radius 2 is 1.71 bits per heavy atom. The maximum absolute atomic E-state index is 14.0. The largest absolute Gasteiger partial charge is 0.373 e. The summed E-state index contributed by atoms with van der Waals surface area (Å²) >= 11 is 1.33. The number of nitrogens with two attached hydrogens (primary N) is 1. The quantitative estimate of drug-likeness (QED) is 0.165. The van der Waals surface area contributed by atoms with E-state index in [1.807, 2.05) is 45.2 Å². The fourth-order valence-corrected chi connectivity index (χ4v) is 5.65. The van der Waals surface area contributed by atoms with Crippen LogP contribution in [0.5, 0.6) is 0 Å². The second-order valence-corrected chi connectivity index (χ2v) is 11.7. The first-order valence-corrected chi connectivity index (χ1v) is 14.9. The summed E-state index contributed by atoms with van der Waals surface area (Å²) in [6, 6.07) is 7.33. The van der Waals surface area contributed by atoms with Crippen molar-refractivity contribution in [3.05, 3.63) is 65.0 Å². The van der Waals surface area contributed by atoms with Gasteiger partial charge in [-0.15, -0.1) is 11.8 Å². The van der Waals surface area contributed by atoms with Crippen LogP contribution in [0.4, 0.5) is 18.9 Å². The first-order chi connectivity index (χ1) is 20.0. The number of nitrogens with zero attached hydrogens (tertiary/aromatic N) is 1. The van der Waals surface area contributed by atoms with Gasteiger partial charge in [0.1, 0.15) is 11.9 Å². The van der Waals surface area contributed by atoms with Crippen LogP contribution in [0.3, 0.4) is 0 Å². The van der Waals surface area contributed by atoms with Crippen molar-refractivity contribution in [2.24, 2.45) is 11.7 Å². The first-order valence-electron chi connectivity index (χ1n) is 13.9. The minimum Gasteiger partial charge on any atom is -0.373 e. The molecule has 0 saturated carbocycles. The predicted octanol–water partition coefficient (Wildman–Crippen LogP) is 2.35. The van der Waals surface area contributed by atoms with Gasteiger partial charge in [0.2, 0.25) is 11.8 Å². The van der Waals surface area contributed by atoms with Crippen molar-refractivity contribution in [2.45, 2.75) is 50.7 Å². The highest BCUT2D eigenvalue weighted by atomic mass is 32.2. The molecule has 6 N–H and O–H groups in total. The molecule has 0 bridgehead atoms. The summed E-state index contributed by atoms with van der Waals surface area (Å²) in [5, 5.41) is 11.3. The van der Waals surface area contributed by atoms with Crippen molar-refractivity contribution in [1.29, 1.82) is 0 Å². The predicted molar refractivity (Wildman–Crippen MR) is 158 cm³/mol. The van der Waals surface area contributed by atoms with Gasteiger partial charge in [-0.05, 0) is 48.7 Å². The number of hydrogen-bond donors (Lipinski definition) is 5. The maximum atomic E-state index is 14.0. The van der Waals surface area contributed by atoms with Crippen LogP contribution in [-0.4, -0.2) is 72.5 Å². The topological polar surface area (TPSA) is 129 Å². The molecule has 0 aliphatic carbocycles. The summed E-state index contributed by atoms with van der Waals surface area (Å²) in [6.45, 7) is 5.74. The molecule has 230 valence electrons. The number of benzene rings is 2. The van der Waals surface area contributed by atoms with Crippen LogP contribution < -0.4 is 27.0 Å². The zero-order chi connectivity index (χ0) is 30.8. The highest BCUT2D eigenvalue weighted by Crippen LogP contribution is 2.25. The highest BCUT2D eigenvalue weighted by Gasteiger charge is 2.35. The van der Waals surface area contributed by atoms with E-state index in [9.17, 15) is 27.6 Å². The van der Waals surface area contributed by atoms with Crippen LogP contribution in [0, 0.1) is 23.4 Å². The third-order valence-electron chi connectivity index (χ3n) is 6.81. The number of likely N-dealkylation sites (N-methyl/N-ethyl adjacent to an activating group) is 1. The lowest BCUT2D eigenvalue weighted by Crippen LogP contribution is -2.46. The van der Waals surface area contributed by atoms with Crippen molar-refractivity contribution in [1.82, 2.24) is 20.9 Å². The maximum Gasteiger partial charge on any atom is 0.253 e. The number of carbonyl (C=O) groups excluding carboxylic acids is 3. The molecule has 1 aliphatic heterocycles. The number of rotatable bonds is 14. The monoisotopic (exact) mass is 608 g/mol. The van der Waals surface area contributed by atoms with Crippen molar-refractivity contribution >= 4 is 35.2 Å². The Labute approximate surface area is 248 Å². The van der Waals surface area contributed by atoms with Gasteiger partial charge in [-0.2, -0.15) is 0 Å². The molecule has 13 heteroatoms. The number of thioether (sulfide) groups is 1. The highest BCUT2D eigenvalue weighted by molar-refractivity contribution is 8.00. The SMILES string of the molecule is CNCCNC(=O)[C@H](Nc1ccc(CNC(=O)[C@@H]2SCCN2C(=O)C[C@H](N)Cc2cc(F)c(F)cc2F)cc1)C(C)C. The molecule has 1 aliphatic rings. The van der Waals surface area contributed by atoms with Gasteiger partial charge < -0.3 is 31.9 Å². The standard InChI is InChI=1S/C29H39F3N6O3S/c1-17(2)26(27(40)35-9-8-34-3)37-21-6-4-18(5-7-21)16-36-28(41)29-38(10-11-42-29)25(39)14-20(33)12-19-13-23(31)24(32)15-22(19)30/h4-7,13,15,17,20,26,29,34,37H,8-12,14,16,33H2,1-3H3,(H,35,40)(H,36,41)/t20-,26-,29+/m1/s1. The van der Waals surface area contributed by atoms with Gasteiger partial charge in [0.25, 0.3) is 5.91 Å². The molecule has 0 radical (unpaired) electrons. The second kappa shape index (κ2) is 15.8. The number of amides is 3. The third kappa shape index (κ3) is 9.36. The molecule has 2 aromatic rings. The van der Waals surface area contributed by atoms with Crippen LogP contribution in [0.15, 0.2) is 36.4 Å². The van der Waals surface area contributed by atoms with Gasteiger partial charge >= 0.3 is 0 Å². The molecule has 1 fully saturated rings.